The highest BCUT2D eigenvalue weighted by atomic mass is 19.1. The van der Waals surface area contributed by atoms with E-state index in [2.05, 4.69) is 5.32 Å². The van der Waals surface area contributed by atoms with E-state index >= 15 is 0 Å². The minimum Gasteiger partial charge on any atom is -0.328 e. The summed E-state index contributed by atoms with van der Waals surface area (Å²) in [6.45, 7) is 2.63. The third kappa shape index (κ3) is 3.70. The normalized spacial score (nSPS) is 22.4. The van der Waals surface area contributed by atoms with Crippen molar-refractivity contribution in [1.82, 2.24) is 4.90 Å². The maximum Gasteiger partial charge on any atom is 0.322 e. The molecule has 3 N–H and O–H groups in total. The van der Waals surface area contributed by atoms with Gasteiger partial charge in [-0.2, -0.15) is 0 Å². The fraction of sp³-hybridized carbons (Fsp3) is 0.533. The molecule has 0 aliphatic heterocycles. The van der Waals surface area contributed by atoms with Crippen molar-refractivity contribution in [2.24, 2.45) is 5.73 Å². The van der Waals surface area contributed by atoms with E-state index in [1.54, 1.807) is 12.1 Å². The number of nitrogens with one attached hydrogen (secondary N) is 1. The van der Waals surface area contributed by atoms with Crippen LogP contribution < -0.4 is 11.1 Å². The molecule has 20 heavy (non-hydrogen) atoms. The predicted molar refractivity (Wildman–Crippen MR) is 78.0 cm³/mol. The second-order valence-corrected chi connectivity index (χ2v) is 5.29. The quantitative estimate of drug-likeness (QED) is 0.893. The highest BCUT2D eigenvalue weighted by molar-refractivity contribution is 5.89. The molecule has 1 aliphatic carbocycles. The molecular formula is C15H22FN3O. The molecular weight excluding hydrogens is 257 g/mol. The van der Waals surface area contributed by atoms with Gasteiger partial charge >= 0.3 is 6.03 Å². The van der Waals surface area contributed by atoms with Crippen LogP contribution in [0.25, 0.3) is 0 Å². The fourth-order valence-corrected chi connectivity index (χ4v) is 2.71. The largest absolute Gasteiger partial charge is 0.328 e. The molecule has 0 heterocycles. The molecule has 0 spiro atoms. The van der Waals surface area contributed by atoms with Crippen molar-refractivity contribution < 1.29 is 9.18 Å². The maximum absolute atomic E-state index is 12.8. The first-order valence-corrected chi connectivity index (χ1v) is 7.19. The number of urea groups is 1. The number of carbonyl (C=O) groups is 1. The number of benzene rings is 1. The summed E-state index contributed by atoms with van der Waals surface area (Å²) in [6, 6.07) is 6.21. The molecule has 1 aliphatic rings. The number of halogens is 1. The molecule has 0 atom stereocenters. The number of amides is 2. The highest BCUT2D eigenvalue weighted by Gasteiger charge is 2.26. The molecule has 5 heteroatoms. The highest BCUT2D eigenvalue weighted by Crippen LogP contribution is 2.22. The van der Waals surface area contributed by atoms with E-state index < -0.39 is 0 Å². The molecule has 0 aromatic heterocycles. The molecule has 0 saturated heterocycles. The Hall–Kier alpha value is -1.62. The summed E-state index contributed by atoms with van der Waals surface area (Å²) in [5.41, 5.74) is 6.51. The molecule has 0 bridgehead atoms. The smallest absolute Gasteiger partial charge is 0.322 e. The third-order valence-electron chi connectivity index (χ3n) is 3.88. The number of nitrogens with zero attached hydrogens (tertiary/aromatic N) is 1. The van der Waals surface area contributed by atoms with E-state index in [9.17, 15) is 9.18 Å². The summed E-state index contributed by atoms with van der Waals surface area (Å²) < 4.78 is 12.8. The predicted octanol–water partition coefficient (Wildman–Crippen LogP) is 2.95. The average molecular weight is 279 g/mol. The van der Waals surface area contributed by atoms with E-state index in [-0.39, 0.29) is 23.9 Å². The van der Waals surface area contributed by atoms with Gasteiger partial charge in [0.05, 0.1) is 0 Å². The molecule has 4 nitrogen and oxygen atoms in total. The third-order valence-corrected chi connectivity index (χ3v) is 3.88. The lowest BCUT2D eigenvalue weighted by Gasteiger charge is -2.35. The number of rotatable bonds is 3. The standard InChI is InChI=1S/C15H22FN3O/c1-2-19(14-9-5-12(17)6-10-14)15(20)18-13-7-3-11(16)4-8-13/h3-4,7-8,12,14H,2,5-6,9-10,17H2,1H3,(H,18,20). The van der Waals surface area contributed by atoms with Crippen LogP contribution in [-0.4, -0.2) is 29.6 Å². The Kier molecular flexibility index (Phi) is 4.95. The van der Waals surface area contributed by atoms with Crippen molar-refractivity contribution in [3.05, 3.63) is 30.1 Å². The van der Waals surface area contributed by atoms with Crippen molar-refractivity contribution in [2.75, 3.05) is 11.9 Å². The summed E-state index contributed by atoms with van der Waals surface area (Å²) in [7, 11) is 0. The summed E-state index contributed by atoms with van der Waals surface area (Å²) in [6.07, 6.45) is 3.83. The average Bonchev–Trinajstić information content (AvgIpc) is 2.44. The van der Waals surface area contributed by atoms with Gasteiger partial charge in [0.1, 0.15) is 5.82 Å². The lowest BCUT2D eigenvalue weighted by molar-refractivity contribution is 0.167. The monoisotopic (exact) mass is 279 g/mol. The Morgan fingerprint density at radius 1 is 1.30 bits per heavy atom. The minimum absolute atomic E-state index is 0.125. The first-order valence-electron chi connectivity index (χ1n) is 7.19. The number of hydrogen-bond donors (Lipinski definition) is 2. The van der Waals surface area contributed by atoms with Gasteiger partial charge in [0.15, 0.2) is 0 Å². The molecule has 1 aromatic rings. The van der Waals surface area contributed by atoms with Crippen molar-refractivity contribution in [3.8, 4) is 0 Å². The molecule has 2 amide bonds. The topological polar surface area (TPSA) is 58.4 Å². The number of carbonyl (C=O) groups excluding carboxylic acids is 1. The first kappa shape index (κ1) is 14.8. The van der Waals surface area contributed by atoms with Crippen LogP contribution in [0.5, 0.6) is 0 Å². The summed E-state index contributed by atoms with van der Waals surface area (Å²) in [5.74, 6) is -0.309. The Morgan fingerprint density at radius 3 is 2.45 bits per heavy atom. The molecule has 0 unspecified atom stereocenters. The van der Waals surface area contributed by atoms with Crippen molar-refractivity contribution in [1.29, 1.82) is 0 Å². The Balaban J connectivity index is 1.96. The lowest BCUT2D eigenvalue weighted by atomic mass is 9.91. The minimum atomic E-state index is -0.309. The van der Waals surface area contributed by atoms with Crippen LogP contribution in [0.2, 0.25) is 0 Å². The zero-order valence-corrected chi connectivity index (χ0v) is 11.8. The van der Waals surface area contributed by atoms with Crippen molar-refractivity contribution in [3.63, 3.8) is 0 Å². The summed E-state index contributed by atoms with van der Waals surface area (Å²) >= 11 is 0. The number of hydrogen-bond acceptors (Lipinski definition) is 2. The van der Waals surface area contributed by atoms with Gasteiger partial charge in [0.25, 0.3) is 0 Å². The first-order chi connectivity index (χ1) is 9.60. The van der Waals surface area contributed by atoms with Crippen molar-refractivity contribution >= 4 is 11.7 Å². The second kappa shape index (κ2) is 6.70. The van der Waals surface area contributed by atoms with Crippen LogP contribution in [0.1, 0.15) is 32.6 Å². The van der Waals surface area contributed by atoms with Crippen LogP contribution in [-0.2, 0) is 0 Å². The number of anilines is 1. The van der Waals surface area contributed by atoms with Gasteiger partial charge in [-0.15, -0.1) is 0 Å². The molecule has 0 radical (unpaired) electrons. The van der Waals surface area contributed by atoms with Crippen LogP contribution in [0.3, 0.4) is 0 Å². The van der Waals surface area contributed by atoms with E-state index in [1.807, 2.05) is 11.8 Å². The Morgan fingerprint density at radius 2 is 1.90 bits per heavy atom. The Bertz CT molecular complexity index is 441. The SMILES string of the molecule is CCN(C(=O)Nc1ccc(F)cc1)C1CCC(N)CC1. The van der Waals surface area contributed by atoms with Gasteiger partial charge in [-0.1, -0.05) is 0 Å². The van der Waals surface area contributed by atoms with Gasteiger partial charge in [-0.25, -0.2) is 9.18 Å². The van der Waals surface area contributed by atoms with Gasteiger partial charge in [0.2, 0.25) is 0 Å². The zero-order valence-electron chi connectivity index (χ0n) is 11.8. The van der Waals surface area contributed by atoms with Crippen LogP contribution >= 0.6 is 0 Å². The molecule has 2 rings (SSSR count). The zero-order chi connectivity index (χ0) is 14.5. The van der Waals surface area contributed by atoms with E-state index in [4.69, 9.17) is 5.73 Å². The van der Waals surface area contributed by atoms with Crippen molar-refractivity contribution in [2.45, 2.75) is 44.7 Å². The summed E-state index contributed by atoms with van der Waals surface area (Å²) in [5, 5.41) is 2.82. The van der Waals surface area contributed by atoms with Crippen LogP contribution in [0, 0.1) is 5.82 Å². The molecule has 1 saturated carbocycles. The maximum atomic E-state index is 12.8. The molecule has 1 aromatic carbocycles. The Labute approximate surface area is 119 Å². The van der Waals surface area contributed by atoms with Gasteiger partial charge in [0, 0.05) is 24.3 Å². The summed E-state index contributed by atoms with van der Waals surface area (Å²) in [4.78, 5) is 14.1. The van der Waals surface area contributed by atoms with Gasteiger partial charge in [-0.3, -0.25) is 0 Å². The van der Waals surface area contributed by atoms with E-state index in [0.29, 0.717) is 12.2 Å². The van der Waals surface area contributed by atoms with Gasteiger partial charge in [-0.05, 0) is 56.9 Å². The van der Waals surface area contributed by atoms with Crippen LogP contribution in [0.4, 0.5) is 14.9 Å². The molecule has 110 valence electrons. The van der Waals surface area contributed by atoms with Gasteiger partial charge < -0.3 is 16.0 Å². The van der Waals surface area contributed by atoms with Crippen LogP contribution in [0.15, 0.2) is 24.3 Å². The van der Waals surface area contributed by atoms with E-state index in [0.717, 1.165) is 25.7 Å². The van der Waals surface area contributed by atoms with E-state index in [1.165, 1.54) is 12.1 Å². The lowest BCUT2D eigenvalue weighted by Crippen LogP contribution is -2.46. The second-order valence-electron chi connectivity index (χ2n) is 5.29. The molecule has 1 fully saturated rings. The fourth-order valence-electron chi connectivity index (χ4n) is 2.71. The number of nitrogens with two attached hydrogens (primary N) is 1.